The van der Waals surface area contributed by atoms with Crippen molar-refractivity contribution in [2.75, 3.05) is 6.61 Å². The Kier molecular flexibility index (Phi) is 3.98. The summed E-state index contributed by atoms with van der Waals surface area (Å²) in [4.78, 5) is 4.25. The van der Waals surface area contributed by atoms with Gasteiger partial charge in [0.2, 0.25) is 0 Å². The monoisotopic (exact) mass is 241 g/mol. The van der Waals surface area contributed by atoms with E-state index in [9.17, 15) is 0 Å². The molecule has 0 aliphatic heterocycles. The van der Waals surface area contributed by atoms with Crippen LogP contribution in [0, 0.1) is 11.3 Å². The standard InChI is InChI=1S/C14H15N3O/c1-2-14-16-7-8-17(14)9-10-18-13-6-4-3-5-12(13)11-15/h3-8H,2,9-10H2,1H3. The fourth-order valence-electron chi connectivity index (χ4n) is 1.80. The van der Waals surface area contributed by atoms with E-state index in [0.29, 0.717) is 17.9 Å². The van der Waals surface area contributed by atoms with Crippen LogP contribution in [0.2, 0.25) is 0 Å². The van der Waals surface area contributed by atoms with Crippen molar-refractivity contribution in [2.45, 2.75) is 19.9 Å². The molecule has 0 atom stereocenters. The first-order valence-electron chi connectivity index (χ1n) is 5.97. The Bertz CT molecular complexity index is 554. The van der Waals surface area contributed by atoms with Crippen LogP contribution in [0.15, 0.2) is 36.7 Å². The van der Waals surface area contributed by atoms with Gasteiger partial charge in [0.1, 0.15) is 24.3 Å². The number of nitrogens with zero attached hydrogens (tertiary/aromatic N) is 3. The van der Waals surface area contributed by atoms with Crippen LogP contribution in [0.1, 0.15) is 18.3 Å². The van der Waals surface area contributed by atoms with E-state index in [2.05, 4.69) is 22.5 Å². The van der Waals surface area contributed by atoms with Crippen molar-refractivity contribution in [2.24, 2.45) is 0 Å². The average molecular weight is 241 g/mol. The molecule has 2 rings (SSSR count). The lowest BCUT2D eigenvalue weighted by molar-refractivity contribution is 0.295. The molecular formula is C14H15N3O. The van der Waals surface area contributed by atoms with Crippen LogP contribution >= 0.6 is 0 Å². The molecule has 0 spiro atoms. The van der Waals surface area contributed by atoms with Gasteiger partial charge in [0.05, 0.1) is 12.1 Å². The van der Waals surface area contributed by atoms with Gasteiger partial charge in [0.25, 0.3) is 0 Å². The number of imidazole rings is 1. The van der Waals surface area contributed by atoms with E-state index in [0.717, 1.165) is 18.8 Å². The molecule has 0 aliphatic carbocycles. The van der Waals surface area contributed by atoms with E-state index in [4.69, 9.17) is 10.00 Å². The van der Waals surface area contributed by atoms with E-state index in [-0.39, 0.29) is 0 Å². The summed E-state index contributed by atoms with van der Waals surface area (Å²) in [5.41, 5.74) is 0.568. The summed E-state index contributed by atoms with van der Waals surface area (Å²) in [6, 6.07) is 9.38. The first kappa shape index (κ1) is 12.2. The molecule has 1 aromatic heterocycles. The Morgan fingerprint density at radius 1 is 1.39 bits per heavy atom. The molecule has 0 bridgehead atoms. The maximum Gasteiger partial charge on any atom is 0.137 e. The molecular weight excluding hydrogens is 226 g/mol. The van der Waals surface area contributed by atoms with E-state index in [1.807, 2.05) is 24.4 Å². The average Bonchev–Trinajstić information content (AvgIpc) is 2.87. The van der Waals surface area contributed by atoms with Crippen LogP contribution in [0.3, 0.4) is 0 Å². The highest BCUT2D eigenvalue weighted by molar-refractivity contribution is 5.42. The lowest BCUT2D eigenvalue weighted by atomic mass is 10.2. The van der Waals surface area contributed by atoms with Crippen LogP contribution in [0.25, 0.3) is 0 Å². The SMILES string of the molecule is CCc1nccn1CCOc1ccccc1C#N. The third kappa shape index (κ3) is 2.69. The molecule has 1 heterocycles. The number of nitriles is 1. The van der Waals surface area contributed by atoms with Gasteiger partial charge >= 0.3 is 0 Å². The largest absolute Gasteiger partial charge is 0.490 e. The number of aryl methyl sites for hydroxylation is 1. The predicted octanol–water partition coefficient (Wildman–Crippen LogP) is 2.40. The molecule has 92 valence electrons. The Balaban J connectivity index is 1.95. The van der Waals surface area contributed by atoms with Gasteiger partial charge in [-0.25, -0.2) is 4.98 Å². The molecule has 0 aliphatic rings. The quantitative estimate of drug-likeness (QED) is 0.807. The molecule has 0 radical (unpaired) electrons. The van der Waals surface area contributed by atoms with Crippen LogP contribution in [-0.2, 0) is 13.0 Å². The summed E-state index contributed by atoms with van der Waals surface area (Å²) in [7, 11) is 0. The fourth-order valence-corrected chi connectivity index (χ4v) is 1.80. The van der Waals surface area contributed by atoms with E-state index in [1.54, 1.807) is 12.3 Å². The Hall–Kier alpha value is -2.28. The zero-order chi connectivity index (χ0) is 12.8. The number of hydrogen-bond acceptors (Lipinski definition) is 3. The highest BCUT2D eigenvalue weighted by Gasteiger charge is 2.03. The van der Waals surface area contributed by atoms with Crippen LogP contribution < -0.4 is 4.74 Å². The number of benzene rings is 1. The van der Waals surface area contributed by atoms with Gasteiger partial charge in [0, 0.05) is 18.8 Å². The van der Waals surface area contributed by atoms with Gasteiger partial charge in [-0.1, -0.05) is 19.1 Å². The third-order valence-corrected chi connectivity index (χ3v) is 2.72. The summed E-state index contributed by atoms with van der Waals surface area (Å²) >= 11 is 0. The molecule has 0 fully saturated rings. The van der Waals surface area contributed by atoms with Crippen molar-refractivity contribution in [1.29, 1.82) is 5.26 Å². The minimum Gasteiger partial charge on any atom is -0.490 e. The van der Waals surface area contributed by atoms with Crippen molar-refractivity contribution >= 4 is 0 Å². The summed E-state index contributed by atoms with van der Waals surface area (Å²) < 4.78 is 7.69. The number of para-hydroxylation sites is 1. The summed E-state index contributed by atoms with van der Waals surface area (Å²) in [5.74, 6) is 1.69. The van der Waals surface area contributed by atoms with Crippen molar-refractivity contribution in [3.8, 4) is 11.8 Å². The molecule has 0 N–H and O–H groups in total. The topological polar surface area (TPSA) is 50.8 Å². The lowest BCUT2D eigenvalue weighted by Gasteiger charge is -2.09. The molecule has 0 amide bonds. The van der Waals surface area contributed by atoms with Gasteiger partial charge in [-0.3, -0.25) is 0 Å². The van der Waals surface area contributed by atoms with Crippen molar-refractivity contribution < 1.29 is 4.74 Å². The van der Waals surface area contributed by atoms with Gasteiger partial charge in [0.15, 0.2) is 0 Å². The molecule has 2 aromatic rings. The summed E-state index contributed by atoms with van der Waals surface area (Å²) in [6.07, 6.45) is 4.64. The van der Waals surface area contributed by atoms with E-state index >= 15 is 0 Å². The minimum absolute atomic E-state index is 0.530. The molecule has 1 aromatic carbocycles. The Morgan fingerprint density at radius 3 is 3.00 bits per heavy atom. The van der Waals surface area contributed by atoms with Gasteiger partial charge < -0.3 is 9.30 Å². The minimum atomic E-state index is 0.530. The number of aromatic nitrogens is 2. The van der Waals surface area contributed by atoms with Gasteiger partial charge in [-0.15, -0.1) is 0 Å². The number of hydrogen-bond donors (Lipinski definition) is 0. The van der Waals surface area contributed by atoms with Gasteiger partial charge in [-0.05, 0) is 12.1 Å². The summed E-state index contributed by atoms with van der Waals surface area (Å²) in [5, 5.41) is 8.94. The normalized spacial score (nSPS) is 10.0. The van der Waals surface area contributed by atoms with Crippen molar-refractivity contribution in [1.82, 2.24) is 9.55 Å². The lowest BCUT2D eigenvalue weighted by Crippen LogP contribution is -2.10. The first-order chi connectivity index (χ1) is 8.85. The molecule has 0 unspecified atom stereocenters. The molecule has 0 saturated carbocycles. The van der Waals surface area contributed by atoms with Crippen molar-refractivity contribution in [3.05, 3.63) is 48.0 Å². The Labute approximate surface area is 106 Å². The van der Waals surface area contributed by atoms with Crippen LogP contribution in [0.5, 0.6) is 5.75 Å². The van der Waals surface area contributed by atoms with Crippen LogP contribution in [0.4, 0.5) is 0 Å². The molecule has 18 heavy (non-hydrogen) atoms. The second kappa shape index (κ2) is 5.87. The fraction of sp³-hybridized carbons (Fsp3) is 0.286. The maximum absolute atomic E-state index is 8.94. The molecule has 0 saturated heterocycles. The zero-order valence-corrected chi connectivity index (χ0v) is 10.3. The summed E-state index contributed by atoms with van der Waals surface area (Å²) in [6.45, 7) is 3.34. The Morgan fingerprint density at radius 2 is 2.22 bits per heavy atom. The third-order valence-electron chi connectivity index (χ3n) is 2.72. The molecule has 4 nitrogen and oxygen atoms in total. The highest BCUT2D eigenvalue weighted by Crippen LogP contribution is 2.16. The van der Waals surface area contributed by atoms with Crippen LogP contribution in [-0.4, -0.2) is 16.2 Å². The van der Waals surface area contributed by atoms with E-state index < -0.39 is 0 Å². The predicted molar refractivity (Wildman–Crippen MR) is 68.3 cm³/mol. The van der Waals surface area contributed by atoms with Crippen molar-refractivity contribution in [3.63, 3.8) is 0 Å². The smallest absolute Gasteiger partial charge is 0.137 e. The molecule has 4 heteroatoms. The number of ether oxygens (including phenoxy) is 1. The number of rotatable bonds is 5. The first-order valence-corrected chi connectivity index (χ1v) is 5.97. The van der Waals surface area contributed by atoms with E-state index in [1.165, 1.54) is 0 Å². The second-order valence-corrected chi connectivity index (χ2v) is 3.85. The maximum atomic E-state index is 8.94. The highest BCUT2D eigenvalue weighted by atomic mass is 16.5. The van der Waals surface area contributed by atoms with Gasteiger partial charge in [-0.2, -0.15) is 5.26 Å². The second-order valence-electron chi connectivity index (χ2n) is 3.85. The zero-order valence-electron chi connectivity index (χ0n) is 10.3.